The summed E-state index contributed by atoms with van der Waals surface area (Å²) >= 11 is 0. The molecule has 0 radical (unpaired) electrons. The summed E-state index contributed by atoms with van der Waals surface area (Å²) in [6.07, 6.45) is 3.66. The fourth-order valence-electron chi connectivity index (χ4n) is 3.16. The van der Waals surface area contributed by atoms with Crippen LogP contribution in [0.25, 0.3) is 0 Å². The maximum absolute atomic E-state index is 11.3. The van der Waals surface area contributed by atoms with E-state index in [1.165, 1.54) is 6.42 Å². The van der Waals surface area contributed by atoms with Crippen molar-refractivity contribution in [2.75, 3.05) is 19.7 Å². The number of carboxylic acids is 1. The molecule has 1 unspecified atom stereocenters. The van der Waals surface area contributed by atoms with Gasteiger partial charge in [0.2, 0.25) is 0 Å². The normalized spacial score (nSPS) is 19.0. The highest BCUT2D eigenvalue weighted by Gasteiger charge is 2.36. The third-order valence-electron chi connectivity index (χ3n) is 4.34. The number of likely N-dealkylation sites (tertiary alicyclic amines) is 1. The van der Waals surface area contributed by atoms with E-state index >= 15 is 0 Å². The fourth-order valence-corrected chi connectivity index (χ4v) is 3.16. The standard InChI is InChI=1S/C17H25NO3/c1-3-21-15-9-7-14(8-10-15)17(2,13-16(19)20)18-11-5-4-6-12-18/h7-10H,3-6,11-13H2,1-2H3,(H,19,20). The summed E-state index contributed by atoms with van der Waals surface area (Å²) in [6, 6.07) is 7.87. The van der Waals surface area contributed by atoms with Crippen molar-refractivity contribution in [3.8, 4) is 5.75 Å². The highest BCUT2D eigenvalue weighted by Crippen LogP contribution is 2.35. The van der Waals surface area contributed by atoms with Crippen LogP contribution in [0.1, 0.15) is 45.1 Å². The number of benzene rings is 1. The number of hydrogen-bond donors (Lipinski definition) is 1. The smallest absolute Gasteiger partial charge is 0.305 e. The Balaban J connectivity index is 2.27. The predicted octanol–water partition coefficient (Wildman–Crippen LogP) is 3.26. The molecule has 1 aliphatic heterocycles. The van der Waals surface area contributed by atoms with Crippen molar-refractivity contribution in [1.82, 2.24) is 4.90 Å². The van der Waals surface area contributed by atoms with Crippen LogP contribution in [0.5, 0.6) is 5.75 Å². The van der Waals surface area contributed by atoms with Gasteiger partial charge < -0.3 is 9.84 Å². The third-order valence-corrected chi connectivity index (χ3v) is 4.34. The van der Waals surface area contributed by atoms with E-state index in [9.17, 15) is 9.90 Å². The minimum atomic E-state index is -0.753. The minimum Gasteiger partial charge on any atom is -0.494 e. The van der Waals surface area contributed by atoms with Crippen LogP contribution in [0.3, 0.4) is 0 Å². The Labute approximate surface area is 126 Å². The molecule has 0 spiro atoms. The summed E-state index contributed by atoms with van der Waals surface area (Å²) < 4.78 is 5.47. The Morgan fingerprint density at radius 2 is 1.86 bits per heavy atom. The van der Waals surface area contributed by atoms with E-state index in [1.54, 1.807) is 0 Å². The molecule has 4 nitrogen and oxygen atoms in total. The van der Waals surface area contributed by atoms with Gasteiger partial charge in [-0.2, -0.15) is 0 Å². The van der Waals surface area contributed by atoms with Gasteiger partial charge in [-0.25, -0.2) is 0 Å². The number of aliphatic carboxylic acids is 1. The minimum absolute atomic E-state index is 0.126. The molecule has 1 aliphatic rings. The lowest BCUT2D eigenvalue weighted by Gasteiger charge is -2.43. The first-order chi connectivity index (χ1) is 10.1. The number of ether oxygens (including phenoxy) is 1. The van der Waals surface area contributed by atoms with Gasteiger partial charge in [0.25, 0.3) is 0 Å². The number of carboxylic acid groups (broad SMARTS) is 1. The van der Waals surface area contributed by atoms with Crippen molar-refractivity contribution in [3.63, 3.8) is 0 Å². The number of piperidine rings is 1. The van der Waals surface area contributed by atoms with E-state index in [1.807, 2.05) is 38.1 Å². The molecule has 0 bridgehead atoms. The van der Waals surface area contributed by atoms with Crippen LogP contribution < -0.4 is 4.74 Å². The van der Waals surface area contributed by atoms with Crippen LogP contribution in [-0.2, 0) is 10.3 Å². The molecule has 1 saturated heterocycles. The van der Waals surface area contributed by atoms with Gasteiger partial charge in [-0.05, 0) is 57.5 Å². The molecule has 0 aliphatic carbocycles. The highest BCUT2D eigenvalue weighted by molar-refractivity contribution is 5.69. The van der Waals surface area contributed by atoms with Crippen molar-refractivity contribution >= 4 is 5.97 Å². The molecule has 1 fully saturated rings. The van der Waals surface area contributed by atoms with Crippen molar-refractivity contribution in [1.29, 1.82) is 0 Å². The van der Waals surface area contributed by atoms with Gasteiger partial charge in [0, 0.05) is 0 Å². The summed E-state index contributed by atoms with van der Waals surface area (Å²) in [5.41, 5.74) is 0.604. The zero-order valence-electron chi connectivity index (χ0n) is 13.0. The third kappa shape index (κ3) is 3.76. The lowest BCUT2D eigenvalue weighted by atomic mass is 9.85. The predicted molar refractivity (Wildman–Crippen MR) is 82.6 cm³/mol. The largest absolute Gasteiger partial charge is 0.494 e. The monoisotopic (exact) mass is 291 g/mol. The molecule has 1 atom stereocenters. The first-order valence-corrected chi connectivity index (χ1v) is 7.76. The molecule has 1 N–H and O–H groups in total. The van der Waals surface area contributed by atoms with Gasteiger partial charge in [0.15, 0.2) is 0 Å². The molecule has 4 heteroatoms. The average Bonchev–Trinajstić information content (AvgIpc) is 2.48. The summed E-state index contributed by atoms with van der Waals surface area (Å²) in [4.78, 5) is 13.7. The Hall–Kier alpha value is -1.55. The molecule has 1 aromatic carbocycles. The molecule has 0 aromatic heterocycles. The molecule has 2 rings (SSSR count). The Bertz CT molecular complexity index is 465. The van der Waals surface area contributed by atoms with Gasteiger partial charge in [0.05, 0.1) is 18.6 Å². The van der Waals surface area contributed by atoms with Crippen LogP contribution in [0, 0.1) is 0 Å². The van der Waals surface area contributed by atoms with E-state index in [-0.39, 0.29) is 6.42 Å². The first kappa shape index (κ1) is 15.8. The van der Waals surface area contributed by atoms with E-state index in [0.717, 1.165) is 37.2 Å². The quantitative estimate of drug-likeness (QED) is 0.874. The number of carbonyl (C=O) groups is 1. The van der Waals surface area contributed by atoms with Crippen molar-refractivity contribution in [2.24, 2.45) is 0 Å². The number of nitrogens with zero attached hydrogens (tertiary/aromatic N) is 1. The van der Waals surface area contributed by atoms with Crippen molar-refractivity contribution in [2.45, 2.75) is 45.1 Å². The summed E-state index contributed by atoms with van der Waals surface area (Å²) in [7, 11) is 0. The van der Waals surface area contributed by atoms with Gasteiger partial charge in [-0.1, -0.05) is 18.6 Å². The highest BCUT2D eigenvalue weighted by atomic mass is 16.5. The topological polar surface area (TPSA) is 49.8 Å². The molecular formula is C17H25NO3. The Morgan fingerprint density at radius 3 is 2.38 bits per heavy atom. The lowest BCUT2D eigenvalue weighted by Crippen LogP contribution is -2.47. The SMILES string of the molecule is CCOc1ccc(C(C)(CC(=O)O)N2CCCCC2)cc1. The molecule has 1 heterocycles. The van der Waals surface area contributed by atoms with Gasteiger partial charge >= 0.3 is 5.97 Å². The van der Waals surface area contributed by atoms with E-state index in [2.05, 4.69) is 4.90 Å². The van der Waals surface area contributed by atoms with Crippen LogP contribution in [0.4, 0.5) is 0 Å². The van der Waals surface area contributed by atoms with Gasteiger partial charge in [0.1, 0.15) is 5.75 Å². The van der Waals surface area contributed by atoms with E-state index in [4.69, 9.17) is 4.74 Å². The zero-order chi connectivity index (χ0) is 15.3. The van der Waals surface area contributed by atoms with Crippen LogP contribution in [-0.4, -0.2) is 35.7 Å². The molecule has 116 valence electrons. The molecular weight excluding hydrogens is 266 g/mol. The second-order valence-electron chi connectivity index (χ2n) is 5.85. The second-order valence-corrected chi connectivity index (χ2v) is 5.85. The zero-order valence-corrected chi connectivity index (χ0v) is 13.0. The van der Waals surface area contributed by atoms with E-state index in [0.29, 0.717) is 6.61 Å². The maximum atomic E-state index is 11.3. The second kappa shape index (κ2) is 6.94. The Morgan fingerprint density at radius 1 is 1.24 bits per heavy atom. The average molecular weight is 291 g/mol. The molecule has 0 amide bonds. The van der Waals surface area contributed by atoms with Gasteiger partial charge in [-0.15, -0.1) is 0 Å². The summed E-state index contributed by atoms with van der Waals surface area (Å²) in [5.74, 6) is 0.0783. The van der Waals surface area contributed by atoms with E-state index < -0.39 is 11.5 Å². The summed E-state index contributed by atoms with van der Waals surface area (Å²) in [5, 5.41) is 9.33. The van der Waals surface area contributed by atoms with Gasteiger partial charge in [-0.3, -0.25) is 9.69 Å². The maximum Gasteiger partial charge on any atom is 0.305 e. The number of hydrogen-bond acceptors (Lipinski definition) is 3. The van der Waals surface area contributed by atoms with Crippen LogP contribution in [0.2, 0.25) is 0 Å². The molecule has 21 heavy (non-hydrogen) atoms. The van der Waals surface area contributed by atoms with Crippen molar-refractivity contribution in [3.05, 3.63) is 29.8 Å². The number of rotatable bonds is 6. The van der Waals surface area contributed by atoms with Crippen LogP contribution in [0.15, 0.2) is 24.3 Å². The van der Waals surface area contributed by atoms with Crippen LogP contribution >= 0.6 is 0 Å². The molecule has 0 saturated carbocycles. The lowest BCUT2D eigenvalue weighted by molar-refractivity contribution is -0.140. The first-order valence-electron chi connectivity index (χ1n) is 7.76. The summed E-state index contributed by atoms with van der Waals surface area (Å²) in [6.45, 7) is 6.57. The van der Waals surface area contributed by atoms with Crippen molar-refractivity contribution < 1.29 is 14.6 Å². The fraction of sp³-hybridized carbons (Fsp3) is 0.588. The molecule has 1 aromatic rings. The Kier molecular flexibility index (Phi) is 5.23.